The third-order valence-corrected chi connectivity index (χ3v) is 3.54. The van der Waals surface area contributed by atoms with Crippen molar-refractivity contribution in [2.24, 2.45) is 0 Å². The zero-order valence-electron chi connectivity index (χ0n) is 9.90. The van der Waals surface area contributed by atoms with Gasteiger partial charge >= 0.3 is 0 Å². The van der Waals surface area contributed by atoms with Gasteiger partial charge < -0.3 is 9.32 Å². The molecule has 17 heavy (non-hydrogen) atoms. The van der Waals surface area contributed by atoms with E-state index in [0.29, 0.717) is 24.0 Å². The molecule has 94 valence electrons. The zero-order valence-corrected chi connectivity index (χ0v) is 10.7. The first-order chi connectivity index (χ1) is 8.33. The first-order valence-corrected chi connectivity index (χ1v) is 6.75. The Bertz CT molecular complexity index is 344. The summed E-state index contributed by atoms with van der Waals surface area (Å²) < 4.78 is 4.97. The van der Waals surface area contributed by atoms with Crippen molar-refractivity contribution in [1.82, 2.24) is 4.90 Å². The SMILES string of the molecule is O=C(c1ccoc1)N(CCCl)C1CCCCC1. The Morgan fingerprint density at radius 3 is 2.76 bits per heavy atom. The molecule has 0 unspecified atom stereocenters. The van der Waals surface area contributed by atoms with E-state index in [1.54, 1.807) is 6.07 Å². The molecule has 0 radical (unpaired) electrons. The van der Waals surface area contributed by atoms with Crippen LogP contribution in [0.25, 0.3) is 0 Å². The van der Waals surface area contributed by atoms with E-state index < -0.39 is 0 Å². The molecule has 0 aromatic carbocycles. The lowest BCUT2D eigenvalue weighted by molar-refractivity contribution is 0.0649. The number of nitrogens with zero attached hydrogens (tertiary/aromatic N) is 1. The van der Waals surface area contributed by atoms with Crippen LogP contribution in [0.3, 0.4) is 0 Å². The van der Waals surface area contributed by atoms with Crippen molar-refractivity contribution in [3.8, 4) is 0 Å². The van der Waals surface area contributed by atoms with Gasteiger partial charge in [-0.1, -0.05) is 19.3 Å². The van der Waals surface area contributed by atoms with Gasteiger partial charge in [-0.3, -0.25) is 4.79 Å². The molecule has 0 saturated heterocycles. The van der Waals surface area contributed by atoms with Gasteiger partial charge in [-0.2, -0.15) is 0 Å². The van der Waals surface area contributed by atoms with Gasteiger partial charge in [-0.15, -0.1) is 11.6 Å². The standard InChI is InChI=1S/C13H18ClNO2/c14-7-8-15(12-4-2-1-3-5-12)13(16)11-6-9-17-10-11/h6,9-10,12H,1-5,7-8H2. The van der Waals surface area contributed by atoms with Crippen molar-refractivity contribution in [2.45, 2.75) is 38.1 Å². The van der Waals surface area contributed by atoms with E-state index in [0.717, 1.165) is 12.8 Å². The largest absolute Gasteiger partial charge is 0.472 e. The fourth-order valence-electron chi connectivity index (χ4n) is 2.49. The molecule has 4 heteroatoms. The lowest BCUT2D eigenvalue weighted by Gasteiger charge is -2.33. The van der Waals surface area contributed by atoms with E-state index in [1.807, 2.05) is 4.90 Å². The molecule has 1 aliphatic rings. The van der Waals surface area contributed by atoms with E-state index >= 15 is 0 Å². The molecule has 0 atom stereocenters. The molecular weight excluding hydrogens is 238 g/mol. The second kappa shape index (κ2) is 6.10. The van der Waals surface area contributed by atoms with Crippen molar-refractivity contribution in [3.63, 3.8) is 0 Å². The van der Waals surface area contributed by atoms with Gasteiger partial charge in [0.15, 0.2) is 0 Å². The van der Waals surface area contributed by atoms with Crippen LogP contribution in [0, 0.1) is 0 Å². The molecule has 1 saturated carbocycles. The summed E-state index contributed by atoms with van der Waals surface area (Å²) in [7, 11) is 0. The molecule has 1 fully saturated rings. The Kier molecular flexibility index (Phi) is 4.49. The summed E-state index contributed by atoms with van der Waals surface area (Å²) in [5.74, 6) is 0.534. The van der Waals surface area contributed by atoms with Gasteiger partial charge in [0, 0.05) is 18.5 Å². The average Bonchev–Trinajstić information content (AvgIpc) is 2.90. The highest BCUT2D eigenvalue weighted by Gasteiger charge is 2.26. The Morgan fingerprint density at radius 2 is 2.18 bits per heavy atom. The average molecular weight is 256 g/mol. The van der Waals surface area contributed by atoms with Gasteiger partial charge in [-0.05, 0) is 18.9 Å². The van der Waals surface area contributed by atoms with Crippen LogP contribution >= 0.6 is 11.6 Å². The number of carbonyl (C=O) groups excluding carboxylic acids is 1. The molecule has 3 nitrogen and oxygen atoms in total. The minimum atomic E-state index is 0.0475. The third-order valence-electron chi connectivity index (χ3n) is 3.37. The van der Waals surface area contributed by atoms with Crippen LogP contribution < -0.4 is 0 Å². The normalized spacial score (nSPS) is 17.0. The highest BCUT2D eigenvalue weighted by atomic mass is 35.5. The number of amides is 1. The summed E-state index contributed by atoms with van der Waals surface area (Å²) in [5.41, 5.74) is 0.626. The summed E-state index contributed by atoms with van der Waals surface area (Å²) >= 11 is 5.80. The third kappa shape index (κ3) is 3.03. The van der Waals surface area contributed by atoms with Crippen molar-refractivity contribution in [3.05, 3.63) is 24.2 Å². The maximum atomic E-state index is 12.3. The zero-order chi connectivity index (χ0) is 12.1. The molecule has 0 spiro atoms. The highest BCUT2D eigenvalue weighted by Crippen LogP contribution is 2.24. The predicted molar refractivity (Wildman–Crippen MR) is 67.3 cm³/mol. The molecule has 1 aromatic rings. The second-order valence-corrected chi connectivity index (χ2v) is 4.87. The fraction of sp³-hybridized carbons (Fsp3) is 0.615. The maximum Gasteiger partial charge on any atom is 0.257 e. The molecule has 0 aliphatic heterocycles. The number of rotatable bonds is 4. The van der Waals surface area contributed by atoms with Gasteiger partial charge in [-0.25, -0.2) is 0 Å². The van der Waals surface area contributed by atoms with Crippen LogP contribution in [-0.2, 0) is 0 Å². The smallest absolute Gasteiger partial charge is 0.257 e. The molecule has 1 heterocycles. The van der Waals surface area contributed by atoms with Crippen molar-refractivity contribution in [1.29, 1.82) is 0 Å². The number of hydrogen-bond acceptors (Lipinski definition) is 2. The van der Waals surface area contributed by atoms with E-state index in [2.05, 4.69) is 0 Å². The number of hydrogen-bond donors (Lipinski definition) is 0. The molecule has 1 aromatic heterocycles. The Hall–Kier alpha value is -0.960. The molecular formula is C13H18ClNO2. The second-order valence-electron chi connectivity index (χ2n) is 4.49. The van der Waals surface area contributed by atoms with Crippen LogP contribution in [0.2, 0.25) is 0 Å². The maximum absolute atomic E-state index is 12.3. The van der Waals surface area contributed by atoms with Crippen molar-refractivity contribution >= 4 is 17.5 Å². The number of alkyl halides is 1. The predicted octanol–water partition coefficient (Wildman–Crippen LogP) is 3.29. The van der Waals surface area contributed by atoms with Crippen LogP contribution in [0.4, 0.5) is 0 Å². The van der Waals surface area contributed by atoms with E-state index in [4.69, 9.17) is 16.0 Å². The lowest BCUT2D eigenvalue weighted by atomic mass is 9.94. The van der Waals surface area contributed by atoms with Crippen LogP contribution in [-0.4, -0.2) is 29.3 Å². The summed E-state index contributed by atoms with van der Waals surface area (Å²) in [5, 5.41) is 0. The summed E-state index contributed by atoms with van der Waals surface area (Å²) in [6.07, 6.45) is 8.94. The summed E-state index contributed by atoms with van der Waals surface area (Å²) in [4.78, 5) is 14.2. The first-order valence-electron chi connectivity index (χ1n) is 6.22. The molecule has 0 bridgehead atoms. The monoisotopic (exact) mass is 255 g/mol. The van der Waals surface area contributed by atoms with Gasteiger partial charge in [0.25, 0.3) is 5.91 Å². The Balaban J connectivity index is 2.07. The molecule has 1 amide bonds. The van der Waals surface area contributed by atoms with E-state index in [9.17, 15) is 4.79 Å². The summed E-state index contributed by atoms with van der Waals surface area (Å²) in [6.45, 7) is 0.621. The number of halogens is 1. The topological polar surface area (TPSA) is 33.5 Å². The summed E-state index contributed by atoms with van der Waals surface area (Å²) in [6, 6.07) is 2.07. The van der Waals surface area contributed by atoms with E-state index in [-0.39, 0.29) is 5.91 Å². The number of carbonyl (C=O) groups is 1. The van der Waals surface area contributed by atoms with Crippen LogP contribution in [0.15, 0.2) is 23.0 Å². The van der Waals surface area contributed by atoms with Gasteiger partial charge in [0.05, 0.1) is 11.8 Å². The Morgan fingerprint density at radius 1 is 1.41 bits per heavy atom. The van der Waals surface area contributed by atoms with Crippen LogP contribution in [0.5, 0.6) is 0 Å². The molecule has 2 rings (SSSR count). The lowest BCUT2D eigenvalue weighted by Crippen LogP contribution is -2.42. The first kappa shape index (κ1) is 12.5. The Labute approximate surface area is 107 Å². The number of furan rings is 1. The van der Waals surface area contributed by atoms with E-state index in [1.165, 1.54) is 31.8 Å². The quantitative estimate of drug-likeness (QED) is 0.774. The molecule has 1 aliphatic carbocycles. The highest BCUT2D eigenvalue weighted by molar-refractivity contribution is 6.18. The van der Waals surface area contributed by atoms with Crippen molar-refractivity contribution < 1.29 is 9.21 Å². The van der Waals surface area contributed by atoms with Crippen LogP contribution in [0.1, 0.15) is 42.5 Å². The van der Waals surface area contributed by atoms with Crippen molar-refractivity contribution in [2.75, 3.05) is 12.4 Å². The fourth-order valence-corrected chi connectivity index (χ4v) is 2.67. The molecule has 0 N–H and O–H groups in total. The minimum absolute atomic E-state index is 0.0475. The van der Waals surface area contributed by atoms with Gasteiger partial charge in [0.2, 0.25) is 0 Å². The van der Waals surface area contributed by atoms with Gasteiger partial charge in [0.1, 0.15) is 6.26 Å². The minimum Gasteiger partial charge on any atom is -0.472 e.